The Morgan fingerprint density at radius 1 is 1.37 bits per heavy atom. The molecule has 2 rings (SSSR count). The third-order valence-electron chi connectivity index (χ3n) is 4.26. The molecule has 2 nitrogen and oxygen atoms in total. The number of hydrogen-bond donors (Lipinski definition) is 1. The number of rotatable bonds is 3. The normalized spacial score (nSPS) is 27.0. The maximum absolute atomic E-state index is 12.4. The van der Waals surface area contributed by atoms with Gasteiger partial charge in [0, 0.05) is 10.9 Å². The number of aryl methyl sites for hydroxylation is 1. The van der Waals surface area contributed by atoms with Crippen molar-refractivity contribution in [3.05, 3.63) is 35.4 Å². The predicted octanol–water partition coefficient (Wildman–Crippen LogP) is 4.07. The largest absolute Gasteiger partial charge is 0.346 e. The van der Waals surface area contributed by atoms with Crippen molar-refractivity contribution in [2.75, 3.05) is 5.33 Å². The molecule has 0 heterocycles. The lowest BCUT2D eigenvalue weighted by Crippen LogP contribution is -2.52. The van der Waals surface area contributed by atoms with E-state index in [2.05, 4.69) is 28.2 Å². The Hall–Kier alpha value is -0.830. The molecule has 1 aromatic rings. The first-order valence-corrected chi connectivity index (χ1v) is 8.12. The molecule has 0 spiro atoms. The summed E-state index contributed by atoms with van der Waals surface area (Å²) >= 11 is 3.59. The Morgan fingerprint density at radius 2 is 2.00 bits per heavy atom. The van der Waals surface area contributed by atoms with Crippen LogP contribution in [0.15, 0.2) is 24.3 Å². The lowest BCUT2D eigenvalue weighted by molar-refractivity contribution is 0.0874. The second-order valence-electron chi connectivity index (χ2n) is 5.87. The fourth-order valence-corrected chi connectivity index (χ4v) is 3.44. The summed E-state index contributed by atoms with van der Waals surface area (Å²) in [4.78, 5) is 12.4. The molecule has 104 valence electrons. The van der Waals surface area contributed by atoms with Crippen LogP contribution in [0.1, 0.15) is 48.5 Å². The predicted molar refractivity (Wildman–Crippen MR) is 82.8 cm³/mol. The Labute approximate surface area is 124 Å². The molecule has 1 saturated carbocycles. The minimum absolute atomic E-state index is 0.0621. The van der Waals surface area contributed by atoms with Gasteiger partial charge in [-0.3, -0.25) is 4.79 Å². The van der Waals surface area contributed by atoms with Gasteiger partial charge in [0.2, 0.25) is 0 Å². The van der Waals surface area contributed by atoms with Crippen molar-refractivity contribution in [3.8, 4) is 0 Å². The number of amides is 1. The van der Waals surface area contributed by atoms with E-state index < -0.39 is 0 Å². The summed E-state index contributed by atoms with van der Waals surface area (Å²) < 4.78 is 0. The molecule has 0 radical (unpaired) electrons. The average molecular weight is 324 g/mol. The van der Waals surface area contributed by atoms with Gasteiger partial charge in [-0.15, -0.1) is 0 Å². The summed E-state index contributed by atoms with van der Waals surface area (Å²) in [7, 11) is 0. The van der Waals surface area contributed by atoms with Crippen LogP contribution in [0.3, 0.4) is 0 Å². The maximum Gasteiger partial charge on any atom is 0.252 e. The first-order valence-electron chi connectivity index (χ1n) is 7.00. The molecule has 3 heteroatoms. The summed E-state index contributed by atoms with van der Waals surface area (Å²) in [5.41, 5.74) is 1.77. The van der Waals surface area contributed by atoms with E-state index >= 15 is 0 Å². The Balaban J connectivity index is 2.11. The van der Waals surface area contributed by atoms with E-state index in [-0.39, 0.29) is 11.4 Å². The molecule has 1 aliphatic carbocycles. The van der Waals surface area contributed by atoms with E-state index in [4.69, 9.17) is 0 Å². The molecule has 0 saturated heterocycles. The quantitative estimate of drug-likeness (QED) is 0.835. The molecule has 1 N–H and O–H groups in total. The van der Waals surface area contributed by atoms with Crippen LogP contribution in [0.2, 0.25) is 0 Å². The zero-order valence-corrected chi connectivity index (χ0v) is 13.3. The Morgan fingerprint density at radius 3 is 2.58 bits per heavy atom. The second kappa shape index (κ2) is 6.08. The molecule has 0 bridgehead atoms. The van der Waals surface area contributed by atoms with Gasteiger partial charge in [-0.1, -0.05) is 41.1 Å². The van der Waals surface area contributed by atoms with E-state index in [0.717, 1.165) is 35.2 Å². The third kappa shape index (κ3) is 3.38. The Bertz CT molecular complexity index is 450. The average Bonchev–Trinajstić information content (AvgIpc) is 2.42. The molecule has 0 aromatic heterocycles. The molecule has 1 amide bonds. The Kier molecular flexibility index (Phi) is 4.67. The highest BCUT2D eigenvalue weighted by Crippen LogP contribution is 2.33. The molecular formula is C16H22BrNO. The van der Waals surface area contributed by atoms with Crippen molar-refractivity contribution in [2.24, 2.45) is 5.92 Å². The summed E-state index contributed by atoms with van der Waals surface area (Å²) in [6.07, 6.45) is 4.52. The zero-order chi connectivity index (χ0) is 13.9. The minimum atomic E-state index is -0.0636. The van der Waals surface area contributed by atoms with Crippen LogP contribution in [-0.4, -0.2) is 16.8 Å². The van der Waals surface area contributed by atoms with Gasteiger partial charge in [-0.05, 0) is 50.2 Å². The number of benzene rings is 1. The van der Waals surface area contributed by atoms with Gasteiger partial charge in [-0.25, -0.2) is 0 Å². The standard InChI is InChI=1S/C16H22BrNO/c1-12-7-9-16(11-17,10-8-12)18-15(19)14-6-4-3-5-13(14)2/h3-6,12H,7-11H2,1-2H3,(H,18,19). The molecular weight excluding hydrogens is 302 g/mol. The maximum atomic E-state index is 12.4. The van der Waals surface area contributed by atoms with Crippen molar-refractivity contribution >= 4 is 21.8 Å². The second-order valence-corrected chi connectivity index (χ2v) is 6.43. The van der Waals surface area contributed by atoms with Gasteiger partial charge in [0.1, 0.15) is 0 Å². The number of carbonyl (C=O) groups is 1. The number of hydrogen-bond acceptors (Lipinski definition) is 1. The van der Waals surface area contributed by atoms with E-state index in [1.54, 1.807) is 0 Å². The fourth-order valence-electron chi connectivity index (χ4n) is 2.74. The summed E-state index contributed by atoms with van der Waals surface area (Å²) in [6.45, 7) is 4.28. The van der Waals surface area contributed by atoms with Crippen molar-refractivity contribution in [3.63, 3.8) is 0 Å². The molecule has 1 aromatic carbocycles. The van der Waals surface area contributed by atoms with Gasteiger partial charge in [0.25, 0.3) is 5.91 Å². The molecule has 19 heavy (non-hydrogen) atoms. The highest BCUT2D eigenvalue weighted by Gasteiger charge is 2.34. The van der Waals surface area contributed by atoms with Gasteiger partial charge in [0.15, 0.2) is 0 Å². The van der Waals surface area contributed by atoms with Gasteiger partial charge in [-0.2, -0.15) is 0 Å². The highest BCUT2D eigenvalue weighted by molar-refractivity contribution is 9.09. The SMILES string of the molecule is Cc1ccccc1C(=O)NC1(CBr)CCC(C)CC1. The smallest absolute Gasteiger partial charge is 0.252 e. The van der Waals surface area contributed by atoms with Crippen LogP contribution >= 0.6 is 15.9 Å². The number of alkyl halides is 1. The van der Waals surface area contributed by atoms with Crippen molar-refractivity contribution in [1.82, 2.24) is 5.32 Å². The minimum Gasteiger partial charge on any atom is -0.346 e. The fraction of sp³-hybridized carbons (Fsp3) is 0.562. The summed E-state index contributed by atoms with van der Waals surface area (Å²) in [6, 6.07) is 7.77. The lowest BCUT2D eigenvalue weighted by atomic mass is 9.78. The van der Waals surface area contributed by atoms with Crippen LogP contribution in [-0.2, 0) is 0 Å². The third-order valence-corrected chi connectivity index (χ3v) is 5.33. The van der Waals surface area contributed by atoms with Crippen molar-refractivity contribution in [1.29, 1.82) is 0 Å². The van der Waals surface area contributed by atoms with E-state index in [1.165, 1.54) is 12.8 Å². The summed E-state index contributed by atoms with van der Waals surface area (Å²) in [5, 5.41) is 4.11. The summed E-state index contributed by atoms with van der Waals surface area (Å²) in [5.74, 6) is 0.842. The van der Waals surface area contributed by atoms with E-state index in [9.17, 15) is 4.79 Å². The number of halogens is 1. The monoisotopic (exact) mass is 323 g/mol. The van der Waals surface area contributed by atoms with E-state index in [0.29, 0.717) is 0 Å². The molecule has 0 unspecified atom stereocenters. The van der Waals surface area contributed by atoms with Gasteiger partial charge in [0.05, 0.1) is 5.54 Å². The number of carbonyl (C=O) groups excluding carboxylic acids is 1. The molecule has 0 atom stereocenters. The van der Waals surface area contributed by atoms with Crippen LogP contribution in [0.4, 0.5) is 0 Å². The number of nitrogens with one attached hydrogen (secondary N) is 1. The van der Waals surface area contributed by atoms with Gasteiger partial charge >= 0.3 is 0 Å². The van der Waals surface area contributed by atoms with Crippen LogP contribution in [0, 0.1) is 12.8 Å². The first-order chi connectivity index (χ1) is 9.06. The lowest BCUT2D eigenvalue weighted by Gasteiger charge is -2.39. The van der Waals surface area contributed by atoms with E-state index in [1.807, 2.05) is 31.2 Å². The van der Waals surface area contributed by atoms with Gasteiger partial charge < -0.3 is 5.32 Å². The molecule has 0 aliphatic heterocycles. The first kappa shape index (κ1) is 14.6. The molecule has 1 aliphatic rings. The topological polar surface area (TPSA) is 29.1 Å². The molecule has 1 fully saturated rings. The van der Waals surface area contributed by atoms with Crippen molar-refractivity contribution < 1.29 is 4.79 Å². The van der Waals surface area contributed by atoms with Crippen LogP contribution in [0.5, 0.6) is 0 Å². The van der Waals surface area contributed by atoms with Crippen molar-refractivity contribution in [2.45, 2.75) is 45.1 Å². The zero-order valence-electron chi connectivity index (χ0n) is 11.7. The highest BCUT2D eigenvalue weighted by atomic mass is 79.9. The van der Waals surface area contributed by atoms with Crippen LogP contribution in [0.25, 0.3) is 0 Å². The van der Waals surface area contributed by atoms with Crippen LogP contribution < -0.4 is 5.32 Å².